The topological polar surface area (TPSA) is 84.9 Å². The molecule has 0 unspecified atom stereocenters. The number of nitrogens with zero attached hydrogens (tertiary/aromatic N) is 1. The van der Waals surface area contributed by atoms with Gasteiger partial charge < -0.3 is 9.47 Å². The van der Waals surface area contributed by atoms with Crippen LogP contribution in [0.15, 0.2) is 70.7 Å². The fourth-order valence-corrected chi connectivity index (χ4v) is 4.26. The van der Waals surface area contributed by atoms with E-state index in [1.807, 2.05) is 50.2 Å². The molecule has 1 aliphatic heterocycles. The zero-order valence-electron chi connectivity index (χ0n) is 20.1. The van der Waals surface area contributed by atoms with E-state index in [9.17, 15) is 14.4 Å². The van der Waals surface area contributed by atoms with Crippen molar-refractivity contribution < 1.29 is 23.9 Å². The van der Waals surface area contributed by atoms with E-state index in [1.54, 1.807) is 24.3 Å². The molecule has 1 saturated heterocycles. The quantitative estimate of drug-likeness (QED) is 0.308. The lowest BCUT2D eigenvalue weighted by Crippen LogP contribution is -2.54. The van der Waals surface area contributed by atoms with Crippen LogP contribution in [0.25, 0.3) is 6.08 Å². The summed E-state index contributed by atoms with van der Waals surface area (Å²) in [4.78, 5) is 39.3. The predicted molar refractivity (Wildman–Crippen MR) is 141 cm³/mol. The zero-order chi connectivity index (χ0) is 25.8. The molecular weight excluding hydrogens is 524 g/mol. The van der Waals surface area contributed by atoms with Crippen LogP contribution in [0.2, 0.25) is 0 Å². The van der Waals surface area contributed by atoms with Crippen LogP contribution in [0.4, 0.5) is 10.5 Å². The highest BCUT2D eigenvalue weighted by atomic mass is 79.9. The lowest BCUT2D eigenvalue weighted by molar-refractivity contribution is -0.122. The molecule has 3 aromatic carbocycles. The molecular formula is C28H25BrN2O5. The van der Waals surface area contributed by atoms with E-state index < -0.39 is 17.8 Å². The van der Waals surface area contributed by atoms with Gasteiger partial charge in [0.05, 0.1) is 12.8 Å². The lowest BCUT2D eigenvalue weighted by atomic mass is 10.1. The largest absolute Gasteiger partial charge is 0.493 e. The summed E-state index contributed by atoms with van der Waals surface area (Å²) in [7, 11) is 1.51. The number of amides is 4. The van der Waals surface area contributed by atoms with Crippen LogP contribution in [0, 0.1) is 6.92 Å². The van der Waals surface area contributed by atoms with Crippen molar-refractivity contribution in [3.63, 3.8) is 0 Å². The Bertz CT molecular complexity index is 1360. The molecule has 3 aromatic rings. The number of hydrogen-bond donors (Lipinski definition) is 1. The molecule has 1 aliphatic rings. The molecule has 4 amide bonds. The van der Waals surface area contributed by atoms with Gasteiger partial charge >= 0.3 is 6.03 Å². The molecule has 0 saturated carbocycles. The first-order valence-corrected chi connectivity index (χ1v) is 12.2. The van der Waals surface area contributed by atoms with Crippen LogP contribution in [-0.4, -0.2) is 25.0 Å². The average Bonchev–Trinajstić information content (AvgIpc) is 2.86. The number of ether oxygens (including phenoxy) is 2. The van der Waals surface area contributed by atoms with Crippen molar-refractivity contribution in [3.05, 3.63) is 93.0 Å². The average molecular weight is 549 g/mol. The molecule has 0 bridgehead atoms. The number of methoxy groups -OCH3 is 1. The van der Waals surface area contributed by atoms with Gasteiger partial charge in [-0.2, -0.15) is 0 Å². The number of carbonyl (C=O) groups excluding carboxylic acids is 3. The van der Waals surface area contributed by atoms with Crippen molar-refractivity contribution in [2.45, 2.75) is 26.9 Å². The first-order chi connectivity index (χ1) is 17.3. The molecule has 7 nitrogen and oxygen atoms in total. The Kier molecular flexibility index (Phi) is 7.55. The van der Waals surface area contributed by atoms with Crippen molar-refractivity contribution in [2.24, 2.45) is 0 Å². The van der Waals surface area contributed by atoms with Gasteiger partial charge in [0.2, 0.25) is 0 Å². The van der Waals surface area contributed by atoms with Crippen molar-refractivity contribution in [3.8, 4) is 11.5 Å². The van der Waals surface area contributed by atoms with Crippen LogP contribution in [-0.2, 0) is 22.6 Å². The molecule has 1 N–H and O–H groups in total. The second-order valence-corrected chi connectivity index (χ2v) is 9.13. The Morgan fingerprint density at radius 2 is 1.72 bits per heavy atom. The number of aryl methyl sites for hydroxylation is 2. The highest BCUT2D eigenvalue weighted by Crippen LogP contribution is 2.35. The van der Waals surface area contributed by atoms with E-state index in [-0.39, 0.29) is 5.57 Å². The number of anilines is 1. The minimum absolute atomic E-state index is 0.176. The minimum atomic E-state index is -0.789. The summed E-state index contributed by atoms with van der Waals surface area (Å²) in [5.41, 5.74) is 3.94. The Labute approximate surface area is 217 Å². The van der Waals surface area contributed by atoms with Crippen LogP contribution in [0.1, 0.15) is 29.2 Å². The van der Waals surface area contributed by atoms with E-state index in [1.165, 1.54) is 13.2 Å². The maximum absolute atomic E-state index is 13.2. The molecule has 0 spiro atoms. The third-order valence-electron chi connectivity index (χ3n) is 5.76. The molecule has 184 valence electrons. The molecule has 1 fully saturated rings. The second-order valence-electron chi connectivity index (χ2n) is 8.28. The molecule has 8 heteroatoms. The fraction of sp³-hybridized carbons (Fsp3) is 0.179. The summed E-state index contributed by atoms with van der Waals surface area (Å²) in [6.45, 7) is 4.37. The molecule has 36 heavy (non-hydrogen) atoms. The third kappa shape index (κ3) is 5.33. The van der Waals surface area contributed by atoms with E-state index in [0.29, 0.717) is 33.8 Å². The standard InChI is InChI=1S/C28H25BrN2O5/c1-4-18-8-10-21(11-9-18)31-27(33)22(26(32)30-28(31)34)13-20-14-24(35-3)25(15-23(20)29)36-16-19-7-5-6-17(2)12-19/h5-15H,4,16H2,1-3H3,(H,30,32,34)/b22-13-. The highest BCUT2D eigenvalue weighted by Gasteiger charge is 2.37. The summed E-state index contributed by atoms with van der Waals surface area (Å²) in [5, 5.41) is 2.25. The van der Waals surface area contributed by atoms with Crippen LogP contribution in [0.3, 0.4) is 0 Å². The summed E-state index contributed by atoms with van der Waals surface area (Å²) in [5.74, 6) is -0.541. The summed E-state index contributed by atoms with van der Waals surface area (Å²) >= 11 is 3.50. The van der Waals surface area contributed by atoms with Crippen LogP contribution in [0.5, 0.6) is 11.5 Å². The van der Waals surface area contributed by atoms with Gasteiger partial charge in [-0.1, -0.05) is 64.8 Å². The summed E-state index contributed by atoms with van der Waals surface area (Å²) in [6, 6.07) is 17.6. The van der Waals surface area contributed by atoms with Gasteiger partial charge in [0.1, 0.15) is 12.2 Å². The molecule has 0 radical (unpaired) electrons. The summed E-state index contributed by atoms with van der Waals surface area (Å²) < 4.78 is 12.1. The SMILES string of the molecule is CCc1ccc(N2C(=O)NC(=O)/C(=C/c3cc(OC)c(OCc4cccc(C)c4)cc3Br)C2=O)cc1. The molecule has 4 rings (SSSR count). The number of imide groups is 2. The summed E-state index contributed by atoms with van der Waals surface area (Å²) in [6.07, 6.45) is 2.25. The van der Waals surface area contributed by atoms with E-state index in [4.69, 9.17) is 9.47 Å². The monoisotopic (exact) mass is 548 g/mol. The first-order valence-electron chi connectivity index (χ1n) is 11.4. The van der Waals surface area contributed by atoms with Gasteiger partial charge in [0.15, 0.2) is 11.5 Å². The van der Waals surface area contributed by atoms with E-state index in [0.717, 1.165) is 28.0 Å². The van der Waals surface area contributed by atoms with Gasteiger partial charge in [-0.05, 0) is 60.4 Å². The van der Waals surface area contributed by atoms with Gasteiger partial charge in [-0.25, -0.2) is 9.69 Å². The van der Waals surface area contributed by atoms with Crippen molar-refractivity contribution in [2.75, 3.05) is 12.0 Å². The smallest absolute Gasteiger partial charge is 0.335 e. The second kappa shape index (κ2) is 10.8. The number of hydrogen-bond acceptors (Lipinski definition) is 5. The number of carbonyl (C=O) groups is 3. The molecule has 1 heterocycles. The van der Waals surface area contributed by atoms with E-state index in [2.05, 4.69) is 21.2 Å². The normalized spacial score (nSPS) is 14.7. The number of urea groups is 1. The minimum Gasteiger partial charge on any atom is -0.493 e. The van der Waals surface area contributed by atoms with E-state index >= 15 is 0 Å². The maximum Gasteiger partial charge on any atom is 0.335 e. The Morgan fingerprint density at radius 3 is 2.39 bits per heavy atom. The first kappa shape index (κ1) is 25.2. The van der Waals surface area contributed by atoms with Gasteiger partial charge in [0, 0.05) is 4.47 Å². The molecule has 0 aliphatic carbocycles. The maximum atomic E-state index is 13.2. The Morgan fingerprint density at radius 1 is 0.972 bits per heavy atom. The number of barbiturate groups is 1. The number of benzene rings is 3. The van der Waals surface area contributed by atoms with Crippen molar-refractivity contribution >= 4 is 45.5 Å². The van der Waals surface area contributed by atoms with Crippen LogP contribution >= 0.6 is 15.9 Å². The predicted octanol–water partition coefficient (Wildman–Crippen LogP) is 5.57. The number of nitrogens with one attached hydrogen (secondary N) is 1. The van der Waals surface area contributed by atoms with Gasteiger partial charge in [-0.15, -0.1) is 0 Å². The molecule has 0 atom stereocenters. The van der Waals surface area contributed by atoms with Gasteiger partial charge in [0.25, 0.3) is 11.8 Å². The number of rotatable bonds is 7. The Hall–Kier alpha value is -3.91. The Balaban J connectivity index is 1.63. The highest BCUT2D eigenvalue weighted by molar-refractivity contribution is 9.10. The van der Waals surface area contributed by atoms with Crippen LogP contribution < -0.4 is 19.7 Å². The number of halogens is 1. The zero-order valence-corrected chi connectivity index (χ0v) is 21.7. The van der Waals surface area contributed by atoms with Crippen molar-refractivity contribution in [1.29, 1.82) is 0 Å². The van der Waals surface area contributed by atoms with Crippen molar-refractivity contribution in [1.82, 2.24) is 5.32 Å². The molecule has 0 aromatic heterocycles. The lowest BCUT2D eigenvalue weighted by Gasteiger charge is -2.26. The fourth-order valence-electron chi connectivity index (χ4n) is 3.82. The third-order valence-corrected chi connectivity index (χ3v) is 6.45. The van der Waals surface area contributed by atoms with Gasteiger partial charge in [-0.3, -0.25) is 14.9 Å².